The quantitative estimate of drug-likeness (QED) is 0.410. The molecular formula is C29H31F4N5O3. The van der Waals surface area contributed by atoms with Gasteiger partial charge in [0.1, 0.15) is 5.82 Å². The van der Waals surface area contributed by atoms with Crippen LogP contribution in [0, 0.1) is 11.7 Å². The number of anilines is 2. The molecule has 1 amide bonds. The van der Waals surface area contributed by atoms with Crippen LogP contribution < -0.4 is 20.5 Å². The van der Waals surface area contributed by atoms with Crippen LogP contribution in [0.15, 0.2) is 47.5 Å². The largest absolute Gasteiger partial charge is 0.477 e. The summed E-state index contributed by atoms with van der Waals surface area (Å²) < 4.78 is 63.5. The van der Waals surface area contributed by atoms with E-state index in [9.17, 15) is 22.8 Å². The Hall–Kier alpha value is -3.93. The maximum atomic E-state index is 15.6. The first-order chi connectivity index (χ1) is 19.4. The van der Waals surface area contributed by atoms with Crippen molar-refractivity contribution >= 4 is 17.3 Å². The van der Waals surface area contributed by atoms with Gasteiger partial charge in [-0.05, 0) is 50.9 Å². The van der Waals surface area contributed by atoms with E-state index in [1.54, 1.807) is 12.1 Å². The number of carbonyl (C=O) groups is 1. The number of ether oxygens (including phenoxy) is 1. The minimum atomic E-state index is -4.93. The molecule has 1 N–H and O–H groups in total. The number of aryl methyl sites for hydroxylation is 1. The van der Waals surface area contributed by atoms with E-state index in [1.165, 1.54) is 25.4 Å². The van der Waals surface area contributed by atoms with Gasteiger partial charge in [0.15, 0.2) is 0 Å². The highest BCUT2D eigenvalue weighted by molar-refractivity contribution is 6.07. The average molecular weight is 574 g/mol. The van der Waals surface area contributed by atoms with Crippen LogP contribution in [0.3, 0.4) is 0 Å². The number of alkyl halides is 3. The van der Waals surface area contributed by atoms with Crippen LogP contribution >= 0.6 is 0 Å². The lowest BCUT2D eigenvalue weighted by Crippen LogP contribution is -2.50. The van der Waals surface area contributed by atoms with Crippen molar-refractivity contribution in [3.8, 4) is 17.0 Å². The van der Waals surface area contributed by atoms with Gasteiger partial charge in [-0.15, -0.1) is 0 Å². The molecule has 2 fully saturated rings. The molecule has 1 aliphatic heterocycles. The molecule has 1 aliphatic carbocycles. The Morgan fingerprint density at radius 1 is 1.15 bits per heavy atom. The van der Waals surface area contributed by atoms with Gasteiger partial charge in [-0.2, -0.15) is 13.2 Å². The maximum Gasteiger partial charge on any atom is 0.417 e. The second kappa shape index (κ2) is 11.2. The third-order valence-corrected chi connectivity index (χ3v) is 7.62. The van der Waals surface area contributed by atoms with Gasteiger partial charge in [0.25, 0.3) is 11.5 Å². The Bertz CT molecular complexity index is 1500. The van der Waals surface area contributed by atoms with Gasteiger partial charge in [-0.3, -0.25) is 9.59 Å². The number of hydrogen-bond acceptors (Lipinski definition) is 6. The van der Waals surface area contributed by atoms with Gasteiger partial charge >= 0.3 is 6.18 Å². The molecule has 3 heterocycles. The minimum absolute atomic E-state index is 0.114. The number of rotatable bonds is 7. The topological polar surface area (TPSA) is 79.7 Å². The van der Waals surface area contributed by atoms with Crippen LogP contribution in [0.1, 0.15) is 35.7 Å². The molecule has 8 nitrogen and oxygen atoms in total. The van der Waals surface area contributed by atoms with E-state index in [0.29, 0.717) is 55.4 Å². The fraction of sp³-hybridized carbons (Fsp3) is 0.414. The van der Waals surface area contributed by atoms with Crippen molar-refractivity contribution in [3.63, 3.8) is 0 Å². The lowest BCUT2D eigenvalue weighted by Gasteiger charge is -2.39. The number of likely N-dealkylation sites (N-methyl/N-ethyl adjacent to an activating group) is 1. The highest BCUT2D eigenvalue weighted by Crippen LogP contribution is 2.37. The molecule has 2 aliphatic rings. The summed E-state index contributed by atoms with van der Waals surface area (Å²) in [5, 5.41) is 2.58. The van der Waals surface area contributed by atoms with Crippen molar-refractivity contribution in [2.24, 2.45) is 13.0 Å². The van der Waals surface area contributed by atoms with E-state index in [-0.39, 0.29) is 17.3 Å². The number of nitrogens with one attached hydrogen (secondary N) is 1. The lowest BCUT2D eigenvalue weighted by molar-refractivity contribution is -0.138. The molecule has 0 radical (unpaired) electrons. The Labute approximate surface area is 234 Å². The number of nitrogens with zero attached hydrogens (tertiary/aromatic N) is 4. The highest BCUT2D eigenvalue weighted by Gasteiger charge is 2.36. The zero-order chi connectivity index (χ0) is 29.5. The molecule has 5 rings (SSSR count). The van der Waals surface area contributed by atoms with E-state index < -0.39 is 34.6 Å². The van der Waals surface area contributed by atoms with Crippen LogP contribution in [0.5, 0.6) is 5.88 Å². The highest BCUT2D eigenvalue weighted by atomic mass is 19.4. The number of hydrogen-bond donors (Lipinski definition) is 1. The summed E-state index contributed by atoms with van der Waals surface area (Å²) in [4.78, 5) is 33.6. The van der Waals surface area contributed by atoms with Crippen molar-refractivity contribution in [2.45, 2.75) is 32.0 Å². The average Bonchev–Trinajstić information content (AvgIpc) is 3.75. The summed E-state index contributed by atoms with van der Waals surface area (Å²) in [5.41, 5.74) is -1.96. The van der Waals surface area contributed by atoms with Crippen LogP contribution in [0.2, 0.25) is 0 Å². The molecule has 41 heavy (non-hydrogen) atoms. The standard InChI is InChI=1S/C29H31F4N5O3/c1-17-14-38(9-8-36(17)2)25-12-23(30)20(19-6-7-26(34-13-19)41-16-18-4-5-18)10-24(25)35-28(40)21-15-37(3)27(39)11-22(21)29(31,32)33/h6-7,10-13,15,17-18H,4-5,8-9,14,16H2,1-3H3,(H,35,40). The van der Waals surface area contributed by atoms with Crippen LogP contribution in [-0.2, 0) is 13.2 Å². The summed E-state index contributed by atoms with van der Waals surface area (Å²) in [6.45, 7) is 4.28. The third-order valence-electron chi connectivity index (χ3n) is 7.62. The van der Waals surface area contributed by atoms with E-state index >= 15 is 4.39 Å². The molecule has 2 aromatic heterocycles. The van der Waals surface area contributed by atoms with Crippen molar-refractivity contribution in [2.75, 3.05) is 43.5 Å². The lowest BCUT2D eigenvalue weighted by atomic mass is 10.0. The van der Waals surface area contributed by atoms with Crippen molar-refractivity contribution in [3.05, 3.63) is 70.0 Å². The number of amides is 1. The molecule has 1 aromatic carbocycles. The first-order valence-electron chi connectivity index (χ1n) is 13.4. The summed E-state index contributed by atoms with van der Waals surface area (Å²) in [6.07, 6.45) is -0.371. The van der Waals surface area contributed by atoms with E-state index in [1.807, 2.05) is 18.9 Å². The maximum absolute atomic E-state index is 15.6. The Morgan fingerprint density at radius 2 is 1.90 bits per heavy atom. The molecule has 218 valence electrons. The van der Waals surface area contributed by atoms with Gasteiger partial charge in [0.2, 0.25) is 5.88 Å². The van der Waals surface area contributed by atoms with Gasteiger partial charge in [0, 0.05) is 68.4 Å². The molecule has 3 aromatic rings. The van der Waals surface area contributed by atoms with Crippen LogP contribution in [0.4, 0.5) is 28.9 Å². The Kier molecular flexibility index (Phi) is 7.78. The van der Waals surface area contributed by atoms with E-state index in [0.717, 1.165) is 23.6 Å². The number of benzene rings is 1. The molecule has 1 saturated heterocycles. The van der Waals surface area contributed by atoms with Crippen molar-refractivity contribution < 1.29 is 27.1 Å². The third kappa shape index (κ3) is 6.37. The molecule has 12 heteroatoms. The van der Waals surface area contributed by atoms with Gasteiger partial charge in [-0.1, -0.05) is 0 Å². The predicted octanol–water partition coefficient (Wildman–Crippen LogP) is 4.79. The number of pyridine rings is 2. The number of aromatic nitrogens is 2. The smallest absolute Gasteiger partial charge is 0.417 e. The van der Waals surface area contributed by atoms with E-state index in [4.69, 9.17) is 4.74 Å². The van der Waals surface area contributed by atoms with Crippen molar-refractivity contribution in [1.29, 1.82) is 0 Å². The normalized spacial score (nSPS) is 17.9. The predicted molar refractivity (Wildman–Crippen MR) is 147 cm³/mol. The second-order valence-corrected chi connectivity index (χ2v) is 10.8. The summed E-state index contributed by atoms with van der Waals surface area (Å²) in [7, 11) is 3.23. The van der Waals surface area contributed by atoms with Gasteiger partial charge < -0.3 is 24.4 Å². The molecule has 1 atom stereocenters. The zero-order valence-corrected chi connectivity index (χ0v) is 23.0. The molecule has 1 unspecified atom stereocenters. The summed E-state index contributed by atoms with van der Waals surface area (Å²) in [5.74, 6) is -0.700. The molecular weight excluding hydrogens is 542 g/mol. The zero-order valence-electron chi connectivity index (χ0n) is 23.0. The summed E-state index contributed by atoms with van der Waals surface area (Å²) >= 11 is 0. The second-order valence-electron chi connectivity index (χ2n) is 10.8. The monoisotopic (exact) mass is 573 g/mol. The number of halogens is 4. The Morgan fingerprint density at radius 3 is 2.54 bits per heavy atom. The molecule has 1 saturated carbocycles. The molecule has 0 bridgehead atoms. The van der Waals surface area contributed by atoms with E-state index in [2.05, 4.69) is 15.2 Å². The Balaban J connectivity index is 1.53. The first kappa shape index (κ1) is 28.6. The number of carbonyl (C=O) groups excluding carboxylic acids is 1. The first-order valence-corrected chi connectivity index (χ1v) is 13.4. The minimum Gasteiger partial charge on any atom is -0.477 e. The van der Waals surface area contributed by atoms with Crippen molar-refractivity contribution in [1.82, 2.24) is 14.5 Å². The van der Waals surface area contributed by atoms with Crippen LogP contribution in [0.25, 0.3) is 11.1 Å². The fourth-order valence-electron chi connectivity index (χ4n) is 4.76. The summed E-state index contributed by atoms with van der Waals surface area (Å²) in [6, 6.07) is 6.47. The van der Waals surface area contributed by atoms with Gasteiger partial charge in [-0.25, -0.2) is 9.37 Å². The molecule has 0 spiro atoms. The SMILES string of the molecule is CC1CN(c2cc(F)c(-c3ccc(OCC4CC4)nc3)cc2NC(=O)c2cn(C)c(=O)cc2C(F)(F)F)CCN1C. The fourth-order valence-corrected chi connectivity index (χ4v) is 4.76. The van der Waals surface area contributed by atoms with Crippen LogP contribution in [-0.4, -0.2) is 59.7 Å². The van der Waals surface area contributed by atoms with Gasteiger partial charge in [0.05, 0.1) is 29.1 Å². The number of piperazine rings is 1.